The number of nitrogens with zero attached hydrogens (tertiary/aromatic N) is 1. The summed E-state index contributed by atoms with van der Waals surface area (Å²) in [5.41, 5.74) is 7.16. The van der Waals surface area contributed by atoms with Crippen LogP contribution in [0, 0.1) is 5.92 Å². The van der Waals surface area contributed by atoms with Crippen LogP contribution in [0.4, 0.5) is 0 Å². The fraction of sp³-hybridized carbons (Fsp3) is 0.435. The number of carbonyl (C=O) groups excluding carboxylic acids is 3. The number of thiol groups is 1. The molecule has 196 valence electrons. The fourth-order valence-electron chi connectivity index (χ4n) is 3.32. The summed E-state index contributed by atoms with van der Waals surface area (Å²) < 4.78 is 0. The molecule has 0 spiro atoms. The minimum atomic E-state index is -1.26. The zero-order chi connectivity index (χ0) is 26.8. The summed E-state index contributed by atoms with van der Waals surface area (Å²) in [6.07, 6.45) is 3.15. The highest BCUT2D eigenvalue weighted by Gasteiger charge is 2.31. The Bertz CT molecular complexity index is 1030. The van der Waals surface area contributed by atoms with Crippen LogP contribution in [0.15, 0.2) is 36.8 Å². The molecule has 1 aromatic heterocycles. The van der Waals surface area contributed by atoms with Crippen LogP contribution in [-0.2, 0) is 32.0 Å². The third kappa shape index (κ3) is 8.57. The van der Waals surface area contributed by atoms with Gasteiger partial charge in [-0.15, -0.1) is 0 Å². The Kier molecular flexibility index (Phi) is 10.7. The third-order valence-corrected chi connectivity index (χ3v) is 5.75. The van der Waals surface area contributed by atoms with Crippen molar-refractivity contribution < 1.29 is 29.4 Å². The van der Waals surface area contributed by atoms with Gasteiger partial charge in [0.2, 0.25) is 17.7 Å². The van der Waals surface area contributed by atoms with Crippen LogP contribution in [0.1, 0.15) is 25.1 Å². The van der Waals surface area contributed by atoms with Gasteiger partial charge < -0.3 is 36.9 Å². The van der Waals surface area contributed by atoms with Crippen molar-refractivity contribution in [2.75, 3.05) is 5.75 Å². The molecule has 2 rings (SSSR count). The van der Waals surface area contributed by atoms with E-state index < -0.39 is 53.8 Å². The third-order valence-electron chi connectivity index (χ3n) is 5.38. The first-order valence-electron chi connectivity index (χ1n) is 11.3. The molecule has 0 radical (unpaired) electrons. The SMILES string of the molecule is CC(C)C(NC(=O)C(CS)NC(=O)C(N)Cc1cnc[nH]1)C(=O)NC(Cc1ccc(O)cc1)C(=O)O. The lowest BCUT2D eigenvalue weighted by molar-refractivity contribution is -0.142. The molecule has 1 heterocycles. The van der Waals surface area contributed by atoms with E-state index >= 15 is 0 Å². The smallest absolute Gasteiger partial charge is 0.326 e. The average Bonchev–Trinajstić information content (AvgIpc) is 3.34. The zero-order valence-corrected chi connectivity index (χ0v) is 20.9. The van der Waals surface area contributed by atoms with Crippen molar-refractivity contribution in [3.8, 4) is 5.75 Å². The van der Waals surface area contributed by atoms with E-state index in [1.807, 2.05) is 0 Å². The molecule has 0 bridgehead atoms. The van der Waals surface area contributed by atoms with Crippen molar-refractivity contribution >= 4 is 36.3 Å². The molecule has 13 heteroatoms. The van der Waals surface area contributed by atoms with E-state index in [9.17, 15) is 29.4 Å². The zero-order valence-electron chi connectivity index (χ0n) is 20.0. The van der Waals surface area contributed by atoms with Crippen molar-refractivity contribution in [2.45, 2.75) is 50.9 Å². The molecule has 4 atom stereocenters. The first kappa shape index (κ1) is 28.7. The largest absolute Gasteiger partial charge is 0.508 e. The number of amides is 3. The van der Waals surface area contributed by atoms with Crippen molar-refractivity contribution in [3.05, 3.63) is 48.0 Å². The highest BCUT2D eigenvalue weighted by atomic mass is 32.1. The number of carbonyl (C=O) groups is 4. The number of aromatic hydroxyl groups is 1. The molecule has 0 fully saturated rings. The molecule has 3 amide bonds. The number of imidazole rings is 1. The van der Waals surface area contributed by atoms with Gasteiger partial charge in [0.05, 0.1) is 12.4 Å². The summed E-state index contributed by atoms with van der Waals surface area (Å²) in [7, 11) is 0. The Hall–Kier alpha value is -3.58. The van der Waals surface area contributed by atoms with Crippen LogP contribution in [-0.4, -0.2) is 73.8 Å². The molecule has 36 heavy (non-hydrogen) atoms. The standard InChI is InChI=1S/C23H32N6O6S/c1-12(2)19(22(33)27-17(23(34)35)7-13-3-5-15(30)6-4-13)29-21(32)18(10-36)28-20(31)16(24)8-14-9-25-11-26-14/h3-6,9,11-12,16-19,30,36H,7-8,10,24H2,1-2H3,(H,25,26)(H,27,33)(H,28,31)(H,29,32)(H,34,35). The lowest BCUT2D eigenvalue weighted by Crippen LogP contribution is -2.59. The Labute approximate surface area is 213 Å². The maximum atomic E-state index is 12.9. The highest BCUT2D eigenvalue weighted by Crippen LogP contribution is 2.12. The van der Waals surface area contributed by atoms with Gasteiger partial charge in [-0.1, -0.05) is 26.0 Å². The predicted octanol–water partition coefficient (Wildman–Crippen LogP) is -0.647. The Morgan fingerprint density at radius 2 is 1.64 bits per heavy atom. The first-order valence-corrected chi connectivity index (χ1v) is 11.9. The first-order chi connectivity index (χ1) is 17.0. The second kappa shape index (κ2) is 13.5. The molecular weight excluding hydrogens is 488 g/mol. The number of rotatable bonds is 13. The Morgan fingerprint density at radius 1 is 1.00 bits per heavy atom. The molecule has 0 aliphatic heterocycles. The number of benzene rings is 1. The normalized spacial score (nSPS) is 14.4. The number of phenolic OH excluding ortho intramolecular Hbond substituents is 1. The molecule has 2 aromatic rings. The molecule has 0 saturated heterocycles. The van der Waals surface area contributed by atoms with E-state index in [1.165, 1.54) is 24.7 Å². The number of carboxylic acids is 1. The van der Waals surface area contributed by atoms with Crippen LogP contribution in [0.25, 0.3) is 0 Å². The van der Waals surface area contributed by atoms with Gasteiger partial charge in [0, 0.05) is 30.5 Å². The van der Waals surface area contributed by atoms with Crippen molar-refractivity contribution in [3.63, 3.8) is 0 Å². The second-order valence-electron chi connectivity index (χ2n) is 8.63. The maximum Gasteiger partial charge on any atom is 0.326 e. The van der Waals surface area contributed by atoms with Crippen LogP contribution < -0.4 is 21.7 Å². The van der Waals surface area contributed by atoms with Crippen LogP contribution in [0.3, 0.4) is 0 Å². The number of H-pyrrole nitrogens is 1. The molecule has 0 aliphatic carbocycles. The van der Waals surface area contributed by atoms with E-state index in [2.05, 4.69) is 38.5 Å². The van der Waals surface area contributed by atoms with Crippen LogP contribution >= 0.6 is 12.6 Å². The summed E-state index contributed by atoms with van der Waals surface area (Å²) in [5, 5.41) is 26.5. The number of hydrogen-bond donors (Lipinski definition) is 8. The lowest BCUT2D eigenvalue weighted by Gasteiger charge is -2.26. The quantitative estimate of drug-likeness (QED) is 0.159. The van der Waals surface area contributed by atoms with Crippen molar-refractivity contribution in [1.29, 1.82) is 0 Å². The van der Waals surface area contributed by atoms with E-state index in [1.54, 1.807) is 26.0 Å². The van der Waals surface area contributed by atoms with E-state index in [-0.39, 0.29) is 24.3 Å². The van der Waals surface area contributed by atoms with Gasteiger partial charge in [-0.2, -0.15) is 12.6 Å². The number of phenols is 1. The number of aliphatic carboxylic acids is 1. The molecule has 0 aliphatic rings. The minimum Gasteiger partial charge on any atom is -0.508 e. The summed E-state index contributed by atoms with van der Waals surface area (Å²) in [5.74, 6) is -3.60. The fourth-order valence-corrected chi connectivity index (χ4v) is 3.57. The van der Waals surface area contributed by atoms with Gasteiger partial charge in [0.1, 0.15) is 23.9 Å². The van der Waals surface area contributed by atoms with E-state index in [0.29, 0.717) is 11.3 Å². The van der Waals surface area contributed by atoms with E-state index in [4.69, 9.17) is 5.73 Å². The number of aromatic amines is 1. The number of nitrogens with one attached hydrogen (secondary N) is 4. The molecule has 4 unspecified atom stereocenters. The van der Waals surface area contributed by atoms with Crippen LogP contribution in [0.2, 0.25) is 0 Å². The van der Waals surface area contributed by atoms with Crippen molar-refractivity contribution in [2.24, 2.45) is 11.7 Å². The van der Waals surface area contributed by atoms with Crippen LogP contribution in [0.5, 0.6) is 5.75 Å². The average molecular weight is 521 g/mol. The van der Waals surface area contributed by atoms with Gasteiger partial charge in [0.15, 0.2) is 0 Å². The summed E-state index contributed by atoms with van der Waals surface area (Å²) >= 11 is 4.13. The Balaban J connectivity index is 2.02. The lowest BCUT2D eigenvalue weighted by atomic mass is 10.0. The van der Waals surface area contributed by atoms with Gasteiger partial charge in [-0.3, -0.25) is 14.4 Å². The Morgan fingerprint density at radius 3 is 2.17 bits per heavy atom. The minimum absolute atomic E-state index is 0.0241. The predicted molar refractivity (Wildman–Crippen MR) is 134 cm³/mol. The summed E-state index contributed by atoms with van der Waals surface area (Å²) in [6.45, 7) is 3.38. The number of nitrogens with two attached hydrogens (primary N) is 1. The summed E-state index contributed by atoms with van der Waals surface area (Å²) in [4.78, 5) is 56.7. The molecule has 12 nitrogen and oxygen atoms in total. The van der Waals surface area contributed by atoms with Gasteiger partial charge >= 0.3 is 5.97 Å². The summed E-state index contributed by atoms with van der Waals surface area (Å²) in [6, 6.07) is 1.58. The number of carboxylic acid groups (broad SMARTS) is 1. The molecule has 0 saturated carbocycles. The van der Waals surface area contributed by atoms with E-state index in [0.717, 1.165) is 0 Å². The van der Waals surface area contributed by atoms with Gasteiger partial charge in [-0.25, -0.2) is 9.78 Å². The maximum absolute atomic E-state index is 12.9. The molecule has 8 N–H and O–H groups in total. The van der Waals surface area contributed by atoms with Gasteiger partial charge in [0.25, 0.3) is 0 Å². The molecule has 1 aromatic carbocycles. The monoisotopic (exact) mass is 520 g/mol. The highest BCUT2D eigenvalue weighted by molar-refractivity contribution is 7.80. The second-order valence-corrected chi connectivity index (χ2v) is 9.00. The van der Waals surface area contributed by atoms with Gasteiger partial charge in [-0.05, 0) is 23.6 Å². The topological polar surface area (TPSA) is 200 Å². The molecular formula is C23H32N6O6S. The number of hydrogen-bond acceptors (Lipinski definition) is 8. The van der Waals surface area contributed by atoms with Crippen molar-refractivity contribution in [1.82, 2.24) is 25.9 Å². The number of aromatic nitrogens is 2.